The predicted octanol–water partition coefficient (Wildman–Crippen LogP) is 1.22. The summed E-state index contributed by atoms with van der Waals surface area (Å²) in [4.78, 5) is 38.5. The Balaban J connectivity index is 2.44. The lowest BCUT2D eigenvalue weighted by molar-refractivity contribution is -0.156. The first kappa shape index (κ1) is 17.7. The summed E-state index contributed by atoms with van der Waals surface area (Å²) in [6.45, 7) is 10.5. The minimum Gasteiger partial charge on any atom is -0.451 e. The number of Topliss-reactive ketones (excluding diaryl/α,β-unsaturated/α-hetero) is 1. The van der Waals surface area contributed by atoms with Crippen molar-refractivity contribution in [1.29, 1.82) is 0 Å². The molecular formula is C16H22N2O4S. The van der Waals surface area contributed by atoms with Crippen molar-refractivity contribution < 1.29 is 19.1 Å². The summed E-state index contributed by atoms with van der Waals surface area (Å²) in [5, 5.41) is -0.319. The highest BCUT2D eigenvalue weighted by Gasteiger charge is 2.53. The molecule has 1 amide bonds. The molecule has 1 fully saturated rings. The van der Waals surface area contributed by atoms with Gasteiger partial charge in [0.25, 0.3) is 0 Å². The Morgan fingerprint density at radius 3 is 2.61 bits per heavy atom. The van der Waals surface area contributed by atoms with Crippen LogP contribution in [0.2, 0.25) is 0 Å². The van der Waals surface area contributed by atoms with Crippen molar-refractivity contribution in [3.05, 3.63) is 23.9 Å². The zero-order chi connectivity index (χ0) is 17.5. The molecule has 1 unspecified atom stereocenters. The summed E-state index contributed by atoms with van der Waals surface area (Å²) < 4.78 is 5.41. The second-order valence-electron chi connectivity index (χ2n) is 6.48. The minimum atomic E-state index is -0.897. The zero-order valence-corrected chi connectivity index (χ0v) is 14.6. The van der Waals surface area contributed by atoms with Gasteiger partial charge < -0.3 is 10.5 Å². The number of nitrogens with zero attached hydrogens (tertiary/aromatic N) is 1. The Morgan fingerprint density at radius 1 is 1.48 bits per heavy atom. The van der Waals surface area contributed by atoms with E-state index in [1.54, 1.807) is 27.7 Å². The molecule has 2 atom stereocenters. The van der Waals surface area contributed by atoms with E-state index in [-0.39, 0.29) is 28.7 Å². The van der Waals surface area contributed by atoms with Crippen LogP contribution in [0.5, 0.6) is 0 Å². The maximum absolute atomic E-state index is 12.6. The van der Waals surface area contributed by atoms with Gasteiger partial charge in [-0.1, -0.05) is 20.4 Å². The number of ether oxygens (including phenoxy) is 1. The molecule has 0 spiro atoms. The molecular weight excluding hydrogens is 316 g/mol. The molecule has 0 bridgehead atoms. The first-order chi connectivity index (χ1) is 10.6. The maximum Gasteiger partial charge on any atom is 0.356 e. The number of nitrogens with two attached hydrogens (primary N) is 1. The fourth-order valence-corrected chi connectivity index (χ4v) is 3.67. The number of thioether (sulfide) groups is 1. The number of hydrogen-bond acceptors (Lipinski definition) is 6. The molecule has 0 saturated carbocycles. The average molecular weight is 338 g/mol. The van der Waals surface area contributed by atoms with Crippen LogP contribution >= 0.6 is 11.8 Å². The molecule has 0 aromatic carbocycles. The Morgan fingerprint density at radius 2 is 2.09 bits per heavy atom. The molecule has 23 heavy (non-hydrogen) atoms. The van der Waals surface area contributed by atoms with E-state index in [2.05, 4.69) is 6.58 Å². The SMILES string of the molecule is C=CC(C)(C)OC(=O)C1=C(C(=O)C(C)C)CS[C@@H]2C(N)C(=O)N12. The third kappa shape index (κ3) is 3.07. The average Bonchev–Trinajstić information content (AvgIpc) is 2.51. The van der Waals surface area contributed by atoms with Gasteiger partial charge in [-0.2, -0.15) is 0 Å². The highest BCUT2D eigenvalue weighted by Crippen LogP contribution is 2.40. The number of carbonyl (C=O) groups is 3. The van der Waals surface area contributed by atoms with Crippen LogP contribution in [0.4, 0.5) is 0 Å². The molecule has 7 heteroatoms. The van der Waals surface area contributed by atoms with E-state index in [1.165, 1.54) is 22.7 Å². The van der Waals surface area contributed by atoms with Crippen LogP contribution in [-0.2, 0) is 19.1 Å². The Hall–Kier alpha value is -1.60. The van der Waals surface area contributed by atoms with Gasteiger partial charge >= 0.3 is 5.97 Å². The van der Waals surface area contributed by atoms with Crippen LogP contribution in [-0.4, -0.2) is 45.3 Å². The third-order valence-electron chi connectivity index (χ3n) is 3.87. The number of ketones is 1. The van der Waals surface area contributed by atoms with Crippen molar-refractivity contribution in [2.24, 2.45) is 11.7 Å². The van der Waals surface area contributed by atoms with Gasteiger partial charge in [0, 0.05) is 17.2 Å². The largest absolute Gasteiger partial charge is 0.451 e. The van der Waals surface area contributed by atoms with Crippen molar-refractivity contribution in [3.63, 3.8) is 0 Å². The quantitative estimate of drug-likeness (QED) is 0.460. The first-order valence-corrected chi connectivity index (χ1v) is 8.50. The van der Waals surface area contributed by atoms with E-state index in [1.807, 2.05) is 0 Å². The Labute approximate surface area is 140 Å². The van der Waals surface area contributed by atoms with Gasteiger partial charge in [0.05, 0.1) is 0 Å². The Kier molecular flexibility index (Phi) is 4.73. The van der Waals surface area contributed by atoms with Gasteiger partial charge in [0.2, 0.25) is 5.91 Å². The van der Waals surface area contributed by atoms with E-state index in [9.17, 15) is 14.4 Å². The van der Waals surface area contributed by atoms with Gasteiger partial charge in [-0.05, 0) is 19.9 Å². The van der Waals surface area contributed by atoms with E-state index >= 15 is 0 Å². The summed E-state index contributed by atoms with van der Waals surface area (Å²) >= 11 is 1.40. The number of rotatable bonds is 5. The summed E-state index contributed by atoms with van der Waals surface area (Å²) in [5.41, 5.74) is 5.25. The molecule has 1 saturated heterocycles. The second-order valence-corrected chi connectivity index (χ2v) is 7.58. The number of hydrogen-bond donors (Lipinski definition) is 1. The second kappa shape index (κ2) is 6.13. The van der Waals surface area contributed by atoms with Crippen molar-refractivity contribution in [3.8, 4) is 0 Å². The topological polar surface area (TPSA) is 89.7 Å². The molecule has 0 radical (unpaired) electrons. The summed E-state index contributed by atoms with van der Waals surface area (Å²) in [5.74, 6) is -1.14. The van der Waals surface area contributed by atoms with Crippen LogP contribution < -0.4 is 5.73 Å². The number of fused-ring (bicyclic) bond motifs is 1. The number of esters is 1. The summed E-state index contributed by atoms with van der Waals surface area (Å²) in [6, 6.07) is -0.647. The van der Waals surface area contributed by atoms with Gasteiger partial charge in [-0.3, -0.25) is 14.5 Å². The van der Waals surface area contributed by atoms with Crippen LogP contribution in [0.3, 0.4) is 0 Å². The van der Waals surface area contributed by atoms with Crippen LogP contribution in [0, 0.1) is 5.92 Å². The highest BCUT2D eigenvalue weighted by molar-refractivity contribution is 8.00. The lowest BCUT2D eigenvalue weighted by atomic mass is 9.96. The molecule has 2 aliphatic heterocycles. The number of β-lactam (4-membered cyclic amide) rings is 1. The van der Waals surface area contributed by atoms with E-state index < -0.39 is 17.6 Å². The van der Waals surface area contributed by atoms with Gasteiger partial charge in [0.15, 0.2) is 5.78 Å². The lowest BCUT2D eigenvalue weighted by Crippen LogP contribution is -2.68. The number of amides is 1. The van der Waals surface area contributed by atoms with Crippen LogP contribution in [0.25, 0.3) is 0 Å². The molecule has 126 valence electrons. The summed E-state index contributed by atoms with van der Waals surface area (Å²) in [7, 11) is 0. The zero-order valence-electron chi connectivity index (χ0n) is 13.8. The van der Waals surface area contributed by atoms with Crippen molar-refractivity contribution >= 4 is 29.4 Å². The molecule has 6 nitrogen and oxygen atoms in total. The van der Waals surface area contributed by atoms with Crippen LogP contribution in [0.1, 0.15) is 27.7 Å². The highest BCUT2D eigenvalue weighted by atomic mass is 32.2. The smallest absolute Gasteiger partial charge is 0.356 e. The molecule has 0 aliphatic carbocycles. The van der Waals surface area contributed by atoms with Gasteiger partial charge in [0.1, 0.15) is 22.7 Å². The third-order valence-corrected chi connectivity index (χ3v) is 5.17. The molecule has 2 heterocycles. The Bertz CT molecular complexity index is 609. The maximum atomic E-state index is 12.6. The molecule has 0 aromatic rings. The van der Waals surface area contributed by atoms with E-state index in [0.29, 0.717) is 11.3 Å². The van der Waals surface area contributed by atoms with Crippen molar-refractivity contribution in [1.82, 2.24) is 4.90 Å². The van der Waals surface area contributed by atoms with Gasteiger partial charge in [-0.15, -0.1) is 11.8 Å². The molecule has 0 aromatic heterocycles. The normalized spacial score (nSPS) is 24.3. The number of carbonyl (C=O) groups excluding carboxylic acids is 3. The first-order valence-electron chi connectivity index (χ1n) is 7.45. The van der Waals surface area contributed by atoms with Crippen molar-refractivity contribution in [2.75, 3.05) is 5.75 Å². The summed E-state index contributed by atoms with van der Waals surface area (Å²) in [6.07, 6.45) is 1.49. The fraction of sp³-hybridized carbons (Fsp3) is 0.562. The monoisotopic (exact) mass is 338 g/mol. The lowest BCUT2D eigenvalue weighted by Gasteiger charge is -2.48. The van der Waals surface area contributed by atoms with Gasteiger partial charge in [-0.25, -0.2) is 4.79 Å². The molecule has 2 aliphatic rings. The standard InChI is InChI=1S/C16H22N2O4S/c1-6-16(4,5)22-15(21)11-9(12(19)8(2)3)7-23-14-10(17)13(20)18(11)14/h6,8,10,14H,1,7,17H2,2-5H3/t10?,14-/m1/s1. The van der Waals surface area contributed by atoms with Crippen LogP contribution in [0.15, 0.2) is 23.9 Å². The predicted molar refractivity (Wildman–Crippen MR) is 88.3 cm³/mol. The van der Waals surface area contributed by atoms with E-state index in [4.69, 9.17) is 10.5 Å². The van der Waals surface area contributed by atoms with E-state index in [0.717, 1.165) is 0 Å². The molecule has 2 N–H and O–H groups in total. The minimum absolute atomic E-state index is 0.0362. The molecule has 2 rings (SSSR count). The fourth-order valence-electron chi connectivity index (χ4n) is 2.37. The van der Waals surface area contributed by atoms with Crippen molar-refractivity contribution in [2.45, 2.75) is 44.7 Å².